The van der Waals surface area contributed by atoms with E-state index in [1.165, 1.54) is 0 Å². The van der Waals surface area contributed by atoms with E-state index in [2.05, 4.69) is 5.32 Å². The van der Waals surface area contributed by atoms with Gasteiger partial charge in [0.05, 0.1) is 5.54 Å². The van der Waals surface area contributed by atoms with E-state index in [9.17, 15) is 4.79 Å². The fourth-order valence-corrected chi connectivity index (χ4v) is 1.31. The molecular formula is C11H24N2O3. The number of primary amides is 1. The number of carbonyl (C=O) groups excluding carboxylic acids is 1. The third kappa shape index (κ3) is 6.05. The van der Waals surface area contributed by atoms with Crippen molar-refractivity contribution in [1.82, 2.24) is 5.32 Å². The molecule has 1 amide bonds. The summed E-state index contributed by atoms with van der Waals surface area (Å²) < 4.78 is 10.3. The molecule has 16 heavy (non-hydrogen) atoms. The molecule has 0 aliphatic carbocycles. The number of nitrogens with one attached hydrogen (secondary N) is 1. The Labute approximate surface area is 97.7 Å². The molecule has 0 aliphatic rings. The van der Waals surface area contributed by atoms with Crippen LogP contribution in [0.2, 0.25) is 0 Å². The summed E-state index contributed by atoms with van der Waals surface area (Å²) in [7, 11) is 3.41. The van der Waals surface area contributed by atoms with Crippen molar-refractivity contribution in [2.24, 2.45) is 5.73 Å². The number of amides is 1. The van der Waals surface area contributed by atoms with Gasteiger partial charge in [0.25, 0.3) is 0 Å². The van der Waals surface area contributed by atoms with E-state index in [0.717, 1.165) is 19.4 Å². The number of carbonyl (C=O) groups is 1. The van der Waals surface area contributed by atoms with Gasteiger partial charge in [0, 0.05) is 26.9 Å². The van der Waals surface area contributed by atoms with Crippen LogP contribution in [0.5, 0.6) is 0 Å². The Bertz CT molecular complexity index is 200. The predicted molar refractivity (Wildman–Crippen MR) is 63.2 cm³/mol. The Hall–Kier alpha value is -0.650. The highest BCUT2D eigenvalue weighted by Gasteiger charge is 2.27. The minimum Gasteiger partial charge on any atom is -0.385 e. The Morgan fingerprint density at radius 2 is 1.94 bits per heavy atom. The molecule has 0 fully saturated rings. The van der Waals surface area contributed by atoms with Gasteiger partial charge in [-0.15, -0.1) is 0 Å². The van der Waals surface area contributed by atoms with Gasteiger partial charge in [0.1, 0.15) is 0 Å². The van der Waals surface area contributed by atoms with Crippen LogP contribution in [0, 0.1) is 0 Å². The number of rotatable bonds is 10. The van der Waals surface area contributed by atoms with Crippen LogP contribution in [-0.4, -0.2) is 45.4 Å². The molecule has 1 unspecified atom stereocenters. The highest BCUT2D eigenvalue weighted by molar-refractivity contribution is 5.84. The summed E-state index contributed by atoms with van der Waals surface area (Å²) in [6.45, 7) is 3.87. The summed E-state index contributed by atoms with van der Waals surface area (Å²) in [6.07, 6.45) is 2.39. The zero-order chi connectivity index (χ0) is 12.4. The van der Waals surface area contributed by atoms with Crippen LogP contribution < -0.4 is 11.1 Å². The van der Waals surface area contributed by atoms with E-state index >= 15 is 0 Å². The Morgan fingerprint density at radius 1 is 1.31 bits per heavy atom. The van der Waals surface area contributed by atoms with Crippen molar-refractivity contribution >= 4 is 5.91 Å². The highest BCUT2D eigenvalue weighted by Crippen LogP contribution is 2.10. The second-order valence-corrected chi connectivity index (χ2v) is 4.01. The van der Waals surface area contributed by atoms with Gasteiger partial charge in [0.15, 0.2) is 0 Å². The topological polar surface area (TPSA) is 73.6 Å². The summed E-state index contributed by atoms with van der Waals surface area (Å²) in [5.74, 6) is -0.325. The number of ether oxygens (including phenoxy) is 2. The molecule has 5 heteroatoms. The predicted octanol–water partition coefficient (Wildman–Crippen LogP) is 0.283. The average Bonchev–Trinajstić information content (AvgIpc) is 2.27. The first kappa shape index (κ1) is 15.3. The van der Waals surface area contributed by atoms with Crippen LogP contribution in [-0.2, 0) is 14.3 Å². The van der Waals surface area contributed by atoms with E-state index in [4.69, 9.17) is 15.2 Å². The number of nitrogens with two attached hydrogens (primary N) is 1. The lowest BCUT2D eigenvalue weighted by atomic mass is 9.95. The van der Waals surface area contributed by atoms with Crippen molar-refractivity contribution < 1.29 is 14.3 Å². The highest BCUT2D eigenvalue weighted by atomic mass is 16.5. The SMILES string of the molecule is CNC(C)(CCCOCCCOC)C(N)=O. The first-order chi connectivity index (χ1) is 7.56. The molecule has 0 spiro atoms. The molecule has 3 N–H and O–H groups in total. The minimum atomic E-state index is -0.629. The minimum absolute atomic E-state index is 0.325. The molecule has 0 saturated carbocycles. The molecule has 0 bridgehead atoms. The van der Waals surface area contributed by atoms with E-state index in [-0.39, 0.29) is 5.91 Å². The smallest absolute Gasteiger partial charge is 0.237 e. The van der Waals surface area contributed by atoms with Crippen LogP contribution in [0.3, 0.4) is 0 Å². The molecule has 0 rings (SSSR count). The van der Waals surface area contributed by atoms with Crippen LogP contribution in [0.25, 0.3) is 0 Å². The summed E-state index contributed by atoms with van der Waals surface area (Å²) in [6, 6.07) is 0. The lowest BCUT2D eigenvalue weighted by molar-refractivity contribution is -0.124. The lowest BCUT2D eigenvalue weighted by Crippen LogP contribution is -2.51. The van der Waals surface area contributed by atoms with Gasteiger partial charge in [-0.2, -0.15) is 0 Å². The maximum absolute atomic E-state index is 11.2. The van der Waals surface area contributed by atoms with Gasteiger partial charge in [-0.1, -0.05) is 0 Å². The number of methoxy groups -OCH3 is 1. The second kappa shape index (κ2) is 8.50. The Kier molecular flexibility index (Phi) is 8.15. The van der Waals surface area contributed by atoms with Gasteiger partial charge in [-0.25, -0.2) is 0 Å². The third-order valence-corrected chi connectivity index (χ3v) is 2.70. The molecular weight excluding hydrogens is 208 g/mol. The number of hydrogen-bond donors (Lipinski definition) is 2. The van der Waals surface area contributed by atoms with Gasteiger partial charge >= 0.3 is 0 Å². The van der Waals surface area contributed by atoms with Crippen LogP contribution in [0.15, 0.2) is 0 Å². The van der Waals surface area contributed by atoms with Crippen molar-refractivity contribution in [2.45, 2.75) is 31.7 Å². The molecule has 5 nitrogen and oxygen atoms in total. The fraction of sp³-hybridized carbons (Fsp3) is 0.909. The summed E-state index contributed by atoms with van der Waals surface area (Å²) in [5.41, 5.74) is 4.67. The first-order valence-corrected chi connectivity index (χ1v) is 5.62. The summed E-state index contributed by atoms with van der Waals surface area (Å²) >= 11 is 0. The van der Waals surface area contributed by atoms with Gasteiger partial charge in [-0.05, 0) is 33.2 Å². The van der Waals surface area contributed by atoms with Gasteiger partial charge in [-0.3, -0.25) is 4.79 Å². The fourth-order valence-electron chi connectivity index (χ4n) is 1.31. The summed E-state index contributed by atoms with van der Waals surface area (Å²) in [5, 5.41) is 2.94. The van der Waals surface area contributed by atoms with Gasteiger partial charge < -0.3 is 20.5 Å². The summed E-state index contributed by atoms with van der Waals surface area (Å²) in [4.78, 5) is 11.2. The third-order valence-electron chi connectivity index (χ3n) is 2.70. The Balaban J connectivity index is 3.53. The normalized spacial score (nSPS) is 14.7. The Morgan fingerprint density at radius 3 is 2.44 bits per heavy atom. The van der Waals surface area contributed by atoms with Crippen molar-refractivity contribution in [3.05, 3.63) is 0 Å². The van der Waals surface area contributed by atoms with E-state index in [1.54, 1.807) is 21.1 Å². The van der Waals surface area contributed by atoms with Crippen LogP contribution >= 0.6 is 0 Å². The van der Waals surface area contributed by atoms with E-state index < -0.39 is 5.54 Å². The number of likely N-dealkylation sites (N-methyl/N-ethyl adjacent to an activating group) is 1. The zero-order valence-corrected chi connectivity index (χ0v) is 10.5. The van der Waals surface area contributed by atoms with E-state index in [0.29, 0.717) is 19.6 Å². The molecule has 0 radical (unpaired) electrons. The molecule has 96 valence electrons. The first-order valence-electron chi connectivity index (χ1n) is 5.62. The van der Waals surface area contributed by atoms with Crippen LogP contribution in [0.4, 0.5) is 0 Å². The largest absolute Gasteiger partial charge is 0.385 e. The molecule has 1 atom stereocenters. The molecule has 0 aromatic heterocycles. The second-order valence-electron chi connectivity index (χ2n) is 4.01. The molecule has 0 aliphatic heterocycles. The van der Waals surface area contributed by atoms with Crippen molar-refractivity contribution in [2.75, 3.05) is 34.0 Å². The molecule has 0 aromatic carbocycles. The molecule has 0 saturated heterocycles. The maximum Gasteiger partial charge on any atom is 0.237 e. The van der Waals surface area contributed by atoms with Crippen LogP contribution in [0.1, 0.15) is 26.2 Å². The van der Waals surface area contributed by atoms with E-state index in [1.807, 2.05) is 0 Å². The monoisotopic (exact) mass is 232 g/mol. The average molecular weight is 232 g/mol. The lowest BCUT2D eigenvalue weighted by Gasteiger charge is -2.25. The molecule has 0 heterocycles. The van der Waals surface area contributed by atoms with Gasteiger partial charge in [0.2, 0.25) is 5.91 Å². The zero-order valence-electron chi connectivity index (χ0n) is 10.5. The van der Waals surface area contributed by atoms with Crippen molar-refractivity contribution in [3.8, 4) is 0 Å². The quantitative estimate of drug-likeness (QED) is 0.531. The van der Waals surface area contributed by atoms with Crippen molar-refractivity contribution in [3.63, 3.8) is 0 Å². The number of hydrogen-bond acceptors (Lipinski definition) is 4. The van der Waals surface area contributed by atoms with Crippen molar-refractivity contribution in [1.29, 1.82) is 0 Å². The molecule has 0 aromatic rings. The standard InChI is InChI=1S/C11H24N2O3/c1-11(13-2,10(12)14)6-4-8-16-9-5-7-15-3/h13H,4-9H2,1-3H3,(H2,12,14). The maximum atomic E-state index is 11.2.